The summed E-state index contributed by atoms with van der Waals surface area (Å²) in [6.07, 6.45) is 2.83. The Morgan fingerprint density at radius 3 is 2.71 bits per heavy atom. The summed E-state index contributed by atoms with van der Waals surface area (Å²) in [7, 11) is 1.61. The zero-order valence-corrected chi connectivity index (χ0v) is 11.2. The van der Waals surface area contributed by atoms with E-state index in [0.29, 0.717) is 18.1 Å². The molecule has 1 aromatic rings. The molecule has 1 atom stereocenters. The fourth-order valence-corrected chi connectivity index (χ4v) is 2.06. The molecule has 0 bridgehead atoms. The first-order valence-corrected chi connectivity index (χ1v) is 6.26. The Morgan fingerprint density at radius 1 is 1.41 bits per heavy atom. The summed E-state index contributed by atoms with van der Waals surface area (Å²) >= 11 is 0. The molecule has 0 aromatic heterocycles. The van der Waals surface area contributed by atoms with Crippen LogP contribution in [-0.2, 0) is 0 Å². The lowest BCUT2D eigenvalue weighted by Gasteiger charge is -2.12. The van der Waals surface area contributed by atoms with Crippen LogP contribution in [0.4, 0.5) is 0 Å². The van der Waals surface area contributed by atoms with Crippen LogP contribution in [0.2, 0.25) is 0 Å². The van der Waals surface area contributed by atoms with Gasteiger partial charge in [0.05, 0.1) is 12.7 Å². The highest BCUT2D eigenvalue weighted by Crippen LogP contribution is 2.23. The summed E-state index contributed by atoms with van der Waals surface area (Å²) in [6.45, 7) is 6.27. The molecular weight excluding hydrogens is 212 g/mol. The minimum atomic E-state index is 0.187. The summed E-state index contributed by atoms with van der Waals surface area (Å²) < 4.78 is 5.24. The minimum Gasteiger partial charge on any atom is -0.496 e. The molecule has 94 valence electrons. The molecule has 0 spiro atoms. The van der Waals surface area contributed by atoms with Crippen LogP contribution in [0.15, 0.2) is 18.2 Å². The molecule has 1 aromatic carbocycles. The van der Waals surface area contributed by atoms with Gasteiger partial charge in [0.15, 0.2) is 5.78 Å². The van der Waals surface area contributed by atoms with E-state index in [1.807, 2.05) is 25.1 Å². The quantitative estimate of drug-likeness (QED) is 0.695. The van der Waals surface area contributed by atoms with Gasteiger partial charge >= 0.3 is 0 Å². The predicted octanol–water partition coefficient (Wildman–Crippen LogP) is 4.01. The van der Waals surface area contributed by atoms with Crippen molar-refractivity contribution in [3.05, 3.63) is 29.3 Å². The van der Waals surface area contributed by atoms with Crippen LogP contribution in [0.5, 0.6) is 5.75 Å². The summed E-state index contributed by atoms with van der Waals surface area (Å²) in [5, 5.41) is 0. The van der Waals surface area contributed by atoms with Gasteiger partial charge < -0.3 is 4.74 Å². The van der Waals surface area contributed by atoms with E-state index in [1.54, 1.807) is 7.11 Å². The number of ketones is 1. The van der Waals surface area contributed by atoms with Crippen molar-refractivity contribution in [1.29, 1.82) is 0 Å². The van der Waals surface area contributed by atoms with Gasteiger partial charge in [0.2, 0.25) is 0 Å². The van der Waals surface area contributed by atoms with Crippen LogP contribution >= 0.6 is 0 Å². The monoisotopic (exact) mass is 234 g/mol. The van der Waals surface area contributed by atoms with Gasteiger partial charge in [-0.15, -0.1) is 0 Å². The molecule has 0 aliphatic rings. The number of carbonyl (C=O) groups is 1. The second-order valence-corrected chi connectivity index (χ2v) is 4.72. The van der Waals surface area contributed by atoms with Crippen molar-refractivity contribution in [3.8, 4) is 5.75 Å². The lowest BCUT2D eigenvalue weighted by atomic mass is 9.95. The number of Topliss-reactive ketones (excluding diaryl/α,β-unsaturated/α-hetero) is 1. The molecule has 1 rings (SSSR count). The lowest BCUT2D eigenvalue weighted by Crippen LogP contribution is -2.08. The summed E-state index contributed by atoms with van der Waals surface area (Å²) in [5.74, 6) is 1.31. The molecule has 0 aliphatic carbocycles. The van der Waals surface area contributed by atoms with E-state index in [2.05, 4.69) is 13.8 Å². The molecule has 0 amide bonds. The maximum absolute atomic E-state index is 12.2. The highest BCUT2D eigenvalue weighted by molar-refractivity contribution is 5.99. The molecule has 0 saturated heterocycles. The van der Waals surface area contributed by atoms with E-state index in [9.17, 15) is 4.79 Å². The average Bonchev–Trinajstić information content (AvgIpc) is 2.29. The molecule has 0 fully saturated rings. The van der Waals surface area contributed by atoms with Crippen molar-refractivity contribution in [3.63, 3.8) is 0 Å². The van der Waals surface area contributed by atoms with Crippen LogP contribution in [0.25, 0.3) is 0 Å². The van der Waals surface area contributed by atoms with Crippen LogP contribution < -0.4 is 4.74 Å². The van der Waals surface area contributed by atoms with E-state index >= 15 is 0 Å². The van der Waals surface area contributed by atoms with Crippen molar-refractivity contribution in [1.82, 2.24) is 0 Å². The molecule has 1 unspecified atom stereocenters. The first-order valence-electron chi connectivity index (χ1n) is 6.26. The number of hydrogen-bond donors (Lipinski definition) is 0. The summed E-state index contributed by atoms with van der Waals surface area (Å²) in [6, 6.07) is 5.75. The molecule has 17 heavy (non-hydrogen) atoms. The van der Waals surface area contributed by atoms with E-state index in [0.717, 1.165) is 24.0 Å². The first kappa shape index (κ1) is 13.8. The lowest BCUT2D eigenvalue weighted by molar-refractivity contribution is 0.0959. The molecule has 0 saturated carbocycles. The number of carbonyl (C=O) groups excluding carboxylic acids is 1. The van der Waals surface area contributed by atoms with Crippen LogP contribution in [0, 0.1) is 12.8 Å². The third kappa shape index (κ3) is 3.88. The standard InChI is InChI=1S/C15H22O2/c1-5-6-11(2)10-14(16)13-9-12(3)7-8-15(13)17-4/h7-9,11H,5-6,10H2,1-4H3. The van der Waals surface area contributed by atoms with Crippen molar-refractivity contribution < 1.29 is 9.53 Å². The summed E-state index contributed by atoms with van der Waals surface area (Å²) in [5.41, 5.74) is 1.81. The van der Waals surface area contributed by atoms with Crippen molar-refractivity contribution in [2.24, 2.45) is 5.92 Å². The maximum atomic E-state index is 12.2. The van der Waals surface area contributed by atoms with Crippen LogP contribution in [0.3, 0.4) is 0 Å². The highest BCUT2D eigenvalue weighted by atomic mass is 16.5. The zero-order chi connectivity index (χ0) is 12.8. The minimum absolute atomic E-state index is 0.187. The Bertz CT molecular complexity index is 383. The number of rotatable bonds is 6. The number of hydrogen-bond acceptors (Lipinski definition) is 2. The van der Waals surface area contributed by atoms with Crippen molar-refractivity contribution in [2.45, 2.75) is 40.0 Å². The fraction of sp³-hybridized carbons (Fsp3) is 0.533. The third-order valence-electron chi connectivity index (χ3n) is 2.97. The van der Waals surface area contributed by atoms with Crippen molar-refractivity contribution in [2.75, 3.05) is 7.11 Å². The van der Waals surface area contributed by atoms with Crippen LogP contribution in [0.1, 0.15) is 49.0 Å². The summed E-state index contributed by atoms with van der Waals surface area (Å²) in [4.78, 5) is 12.2. The van der Waals surface area contributed by atoms with Crippen LogP contribution in [-0.4, -0.2) is 12.9 Å². The van der Waals surface area contributed by atoms with E-state index in [1.165, 1.54) is 0 Å². The Balaban J connectivity index is 2.83. The fourth-order valence-electron chi connectivity index (χ4n) is 2.06. The largest absolute Gasteiger partial charge is 0.496 e. The Hall–Kier alpha value is -1.31. The SMILES string of the molecule is CCCC(C)CC(=O)c1cc(C)ccc1OC. The van der Waals surface area contributed by atoms with E-state index in [4.69, 9.17) is 4.74 Å². The molecule has 0 heterocycles. The molecule has 2 nitrogen and oxygen atoms in total. The first-order chi connectivity index (χ1) is 8.08. The topological polar surface area (TPSA) is 26.3 Å². The zero-order valence-electron chi connectivity index (χ0n) is 11.2. The smallest absolute Gasteiger partial charge is 0.166 e. The second-order valence-electron chi connectivity index (χ2n) is 4.72. The number of methoxy groups -OCH3 is 1. The van der Waals surface area contributed by atoms with Gasteiger partial charge in [0, 0.05) is 6.42 Å². The Morgan fingerprint density at radius 2 is 2.12 bits per heavy atom. The number of aryl methyl sites for hydroxylation is 1. The van der Waals surface area contributed by atoms with Gasteiger partial charge in [-0.2, -0.15) is 0 Å². The predicted molar refractivity (Wildman–Crippen MR) is 70.8 cm³/mol. The number of benzene rings is 1. The van der Waals surface area contributed by atoms with Crippen molar-refractivity contribution >= 4 is 5.78 Å². The van der Waals surface area contributed by atoms with Gasteiger partial charge in [0.1, 0.15) is 5.75 Å². The van der Waals surface area contributed by atoms with E-state index in [-0.39, 0.29) is 5.78 Å². The Kier molecular flexibility index (Phi) is 5.20. The maximum Gasteiger partial charge on any atom is 0.166 e. The van der Waals surface area contributed by atoms with Gasteiger partial charge in [0.25, 0.3) is 0 Å². The average molecular weight is 234 g/mol. The molecule has 2 heteroatoms. The second kappa shape index (κ2) is 6.43. The Labute approximate surface area is 104 Å². The van der Waals surface area contributed by atoms with Gasteiger partial charge in [-0.05, 0) is 25.0 Å². The number of ether oxygens (including phenoxy) is 1. The third-order valence-corrected chi connectivity index (χ3v) is 2.97. The molecule has 0 radical (unpaired) electrons. The normalized spacial score (nSPS) is 12.2. The van der Waals surface area contributed by atoms with Gasteiger partial charge in [-0.25, -0.2) is 0 Å². The molecular formula is C15H22O2. The van der Waals surface area contributed by atoms with Gasteiger partial charge in [-0.1, -0.05) is 38.3 Å². The molecule has 0 N–H and O–H groups in total. The van der Waals surface area contributed by atoms with E-state index < -0.39 is 0 Å². The molecule has 0 aliphatic heterocycles. The highest BCUT2D eigenvalue weighted by Gasteiger charge is 2.15. The van der Waals surface area contributed by atoms with Gasteiger partial charge in [-0.3, -0.25) is 4.79 Å².